The summed E-state index contributed by atoms with van der Waals surface area (Å²) in [6.07, 6.45) is 10.3. The molecule has 236 valence electrons. The molecule has 8 aromatic rings. The van der Waals surface area contributed by atoms with E-state index < -0.39 is 0 Å². The Kier molecular flexibility index (Phi) is 6.67. The summed E-state index contributed by atoms with van der Waals surface area (Å²) in [5, 5.41) is 4.75. The largest absolute Gasteiger partial charge is 0.456 e. The second-order valence-corrected chi connectivity index (χ2v) is 13.3. The van der Waals surface area contributed by atoms with E-state index in [9.17, 15) is 0 Å². The van der Waals surface area contributed by atoms with Crippen molar-refractivity contribution in [1.82, 2.24) is 0 Å². The quantitative estimate of drug-likeness (QED) is 0.186. The van der Waals surface area contributed by atoms with Crippen molar-refractivity contribution in [2.75, 3.05) is 4.90 Å². The van der Waals surface area contributed by atoms with E-state index in [-0.39, 0.29) is 0 Å². The van der Waals surface area contributed by atoms with Gasteiger partial charge in [0.15, 0.2) is 0 Å². The van der Waals surface area contributed by atoms with Gasteiger partial charge in [-0.2, -0.15) is 0 Å². The van der Waals surface area contributed by atoms with Crippen LogP contribution in [0.4, 0.5) is 11.4 Å². The molecule has 1 aromatic heterocycles. The molecule has 7 aromatic carbocycles. The molecule has 0 spiro atoms. The van der Waals surface area contributed by atoms with Gasteiger partial charge in [0, 0.05) is 33.6 Å². The molecule has 0 radical (unpaired) electrons. The third kappa shape index (κ3) is 4.72. The van der Waals surface area contributed by atoms with Gasteiger partial charge in [-0.3, -0.25) is 0 Å². The standard InChI is InChI=1S/C48H33NO/c1-2-10-33(11-3-1)42-14-6-8-16-45(42)49(39-27-28-41-37(30-39)21-19-34-12-4-5-13-40(34)41)38-25-22-32(23-26-38)36-20-18-35-24-29-47-48(44(35)31-36)43-15-7-9-17-46(43)50-47/h1-27,29-31,41H,28H2. The van der Waals surface area contributed by atoms with Crippen LogP contribution < -0.4 is 4.90 Å². The zero-order valence-electron chi connectivity index (χ0n) is 27.5. The van der Waals surface area contributed by atoms with Crippen molar-refractivity contribution in [3.05, 3.63) is 198 Å². The van der Waals surface area contributed by atoms with Crippen LogP contribution in [0.2, 0.25) is 0 Å². The highest BCUT2D eigenvalue weighted by molar-refractivity contribution is 6.19. The van der Waals surface area contributed by atoms with Gasteiger partial charge in [-0.1, -0.05) is 140 Å². The van der Waals surface area contributed by atoms with E-state index in [4.69, 9.17) is 4.42 Å². The van der Waals surface area contributed by atoms with Crippen LogP contribution in [0.15, 0.2) is 192 Å². The molecule has 1 heterocycles. The second-order valence-electron chi connectivity index (χ2n) is 13.3. The van der Waals surface area contributed by atoms with Gasteiger partial charge in [-0.05, 0) is 93.1 Å². The van der Waals surface area contributed by atoms with Gasteiger partial charge in [-0.25, -0.2) is 0 Å². The average Bonchev–Trinajstić information content (AvgIpc) is 3.58. The second kappa shape index (κ2) is 11.6. The Morgan fingerprint density at radius 1 is 0.560 bits per heavy atom. The maximum absolute atomic E-state index is 6.22. The summed E-state index contributed by atoms with van der Waals surface area (Å²) in [6.45, 7) is 0. The summed E-state index contributed by atoms with van der Waals surface area (Å²) in [5.41, 5.74) is 14.2. The molecule has 50 heavy (non-hydrogen) atoms. The summed E-state index contributed by atoms with van der Waals surface area (Å²) in [7, 11) is 0. The Labute approximate surface area is 291 Å². The molecule has 0 N–H and O–H groups in total. The Balaban J connectivity index is 1.09. The minimum Gasteiger partial charge on any atom is -0.456 e. The Morgan fingerprint density at radius 2 is 1.32 bits per heavy atom. The fraction of sp³-hybridized carbons (Fsp3) is 0.0417. The summed E-state index contributed by atoms with van der Waals surface area (Å²) in [5.74, 6) is 0.375. The van der Waals surface area contributed by atoms with Gasteiger partial charge in [0.2, 0.25) is 0 Å². The highest BCUT2D eigenvalue weighted by Gasteiger charge is 2.26. The van der Waals surface area contributed by atoms with Crippen LogP contribution in [0.3, 0.4) is 0 Å². The normalized spacial score (nSPS) is 15.1. The lowest BCUT2D eigenvalue weighted by Gasteiger charge is -2.33. The van der Waals surface area contributed by atoms with Crippen LogP contribution >= 0.6 is 0 Å². The number of benzene rings is 7. The van der Waals surface area contributed by atoms with Crippen molar-refractivity contribution in [1.29, 1.82) is 0 Å². The van der Waals surface area contributed by atoms with Crippen LogP contribution in [-0.4, -0.2) is 0 Å². The Bertz CT molecular complexity index is 2670. The number of anilines is 2. The molecular formula is C48H33NO. The van der Waals surface area contributed by atoms with Gasteiger partial charge < -0.3 is 9.32 Å². The van der Waals surface area contributed by atoms with Gasteiger partial charge >= 0.3 is 0 Å². The fourth-order valence-electron chi connectivity index (χ4n) is 7.98. The first-order valence-corrected chi connectivity index (χ1v) is 17.4. The monoisotopic (exact) mass is 639 g/mol. The highest BCUT2D eigenvalue weighted by atomic mass is 16.3. The number of fused-ring (bicyclic) bond motifs is 8. The third-order valence-corrected chi connectivity index (χ3v) is 10.4. The topological polar surface area (TPSA) is 16.4 Å². The predicted molar refractivity (Wildman–Crippen MR) is 210 cm³/mol. The van der Waals surface area contributed by atoms with Crippen molar-refractivity contribution in [3.8, 4) is 22.3 Å². The zero-order valence-corrected chi connectivity index (χ0v) is 27.5. The molecule has 1 atom stereocenters. The lowest BCUT2D eigenvalue weighted by atomic mass is 9.78. The van der Waals surface area contributed by atoms with Gasteiger partial charge in [0.25, 0.3) is 0 Å². The van der Waals surface area contributed by atoms with Crippen LogP contribution in [0.5, 0.6) is 0 Å². The van der Waals surface area contributed by atoms with E-state index >= 15 is 0 Å². The highest BCUT2D eigenvalue weighted by Crippen LogP contribution is 2.45. The van der Waals surface area contributed by atoms with Crippen molar-refractivity contribution >= 4 is 50.2 Å². The number of furan rings is 1. The molecule has 0 saturated carbocycles. The molecular weight excluding hydrogens is 607 g/mol. The molecule has 10 rings (SSSR count). The number of hydrogen-bond donors (Lipinski definition) is 0. The van der Waals surface area contributed by atoms with Crippen LogP contribution in [0.25, 0.3) is 61.0 Å². The van der Waals surface area contributed by atoms with Crippen molar-refractivity contribution in [2.45, 2.75) is 12.3 Å². The minimum atomic E-state index is 0.375. The first kappa shape index (κ1) is 28.6. The van der Waals surface area contributed by atoms with E-state index in [1.54, 1.807) is 0 Å². The number of rotatable bonds is 5. The molecule has 2 aliphatic carbocycles. The molecule has 2 heteroatoms. The van der Waals surface area contributed by atoms with Gasteiger partial charge in [0.05, 0.1) is 5.69 Å². The smallest absolute Gasteiger partial charge is 0.136 e. The van der Waals surface area contributed by atoms with E-state index in [1.165, 1.54) is 60.8 Å². The third-order valence-electron chi connectivity index (χ3n) is 10.4. The molecule has 2 nitrogen and oxygen atoms in total. The average molecular weight is 640 g/mol. The molecule has 0 aliphatic heterocycles. The molecule has 0 amide bonds. The Hall–Kier alpha value is -6.38. The summed E-state index contributed by atoms with van der Waals surface area (Å²) in [4.78, 5) is 2.44. The van der Waals surface area contributed by atoms with Crippen molar-refractivity contribution < 1.29 is 4.42 Å². The van der Waals surface area contributed by atoms with E-state index in [1.807, 2.05) is 12.1 Å². The van der Waals surface area contributed by atoms with Crippen LogP contribution in [-0.2, 0) is 0 Å². The molecule has 0 saturated heterocycles. The first-order valence-electron chi connectivity index (χ1n) is 17.4. The predicted octanol–water partition coefficient (Wildman–Crippen LogP) is 13.2. The number of allylic oxidation sites excluding steroid dienone is 4. The van der Waals surface area contributed by atoms with E-state index in [0.29, 0.717) is 5.92 Å². The van der Waals surface area contributed by atoms with Crippen molar-refractivity contribution in [3.63, 3.8) is 0 Å². The number of hydrogen-bond acceptors (Lipinski definition) is 2. The lowest BCUT2D eigenvalue weighted by molar-refractivity contribution is 0.669. The van der Waals surface area contributed by atoms with Gasteiger partial charge in [0.1, 0.15) is 11.2 Å². The maximum Gasteiger partial charge on any atom is 0.136 e. The number of para-hydroxylation sites is 2. The minimum absolute atomic E-state index is 0.375. The molecule has 0 bridgehead atoms. The summed E-state index contributed by atoms with van der Waals surface area (Å²) < 4.78 is 6.22. The van der Waals surface area contributed by atoms with Crippen molar-refractivity contribution in [2.24, 2.45) is 0 Å². The number of nitrogens with zero attached hydrogens (tertiary/aromatic N) is 1. The molecule has 2 aliphatic rings. The molecule has 0 fully saturated rings. The first-order chi connectivity index (χ1) is 24.8. The van der Waals surface area contributed by atoms with E-state index in [2.05, 4.69) is 175 Å². The van der Waals surface area contributed by atoms with Crippen LogP contribution in [0, 0.1) is 0 Å². The Morgan fingerprint density at radius 3 is 2.24 bits per heavy atom. The van der Waals surface area contributed by atoms with Crippen LogP contribution in [0.1, 0.15) is 23.5 Å². The van der Waals surface area contributed by atoms with Gasteiger partial charge in [-0.15, -0.1) is 0 Å². The summed E-state index contributed by atoms with van der Waals surface area (Å²) in [6, 6.07) is 56.7. The van der Waals surface area contributed by atoms with E-state index in [0.717, 1.165) is 34.3 Å². The summed E-state index contributed by atoms with van der Waals surface area (Å²) >= 11 is 0. The SMILES string of the molecule is C1=Cc2ccccc2C2CC=C(N(c3ccc(-c4ccc5ccc6oc7ccccc7c6c5c4)cc3)c3ccccc3-c3ccccc3)C=C12. The fourth-order valence-corrected chi connectivity index (χ4v) is 7.98. The lowest BCUT2D eigenvalue weighted by Crippen LogP contribution is -2.20. The zero-order chi connectivity index (χ0) is 33.0. The molecule has 1 unspecified atom stereocenters. The maximum atomic E-state index is 6.22.